The van der Waals surface area contributed by atoms with Gasteiger partial charge in [-0.1, -0.05) is 0 Å². The molecule has 2 aromatic rings. The Bertz CT molecular complexity index is 1440. The molecular formula is C31H40Cl2F4N2O6S2. The molecule has 2 heterocycles. The molecule has 0 saturated carbocycles. The zero-order valence-electron chi connectivity index (χ0n) is 26.6. The minimum absolute atomic E-state index is 0. The van der Waals surface area contributed by atoms with E-state index in [-0.39, 0.29) is 72.8 Å². The van der Waals surface area contributed by atoms with Crippen molar-refractivity contribution < 1.29 is 45.1 Å². The largest absolute Gasteiger partial charge is 0.444 e. The van der Waals surface area contributed by atoms with E-state index in [1.807, 2.05) is 0 Å². The van der Waals surface area contributed by atoms with E-state index in [4.69, 9.17) is 4.74 Å². The van der Waals surface area contributed by atoms with Crippen molar-refractivity contribution in [1.82, 2.24) is 10.2 Å². The fraction of sp³-hybridized carbons (Fsp3) is 0.516. The van der Waals surface area contributed by atoms with Crippen LogP contribution in [0.15, 0.2) is 36.4 Å². The van der Waals surface area contributed by atoms with Crippen LogP contribution in [-0.2, 0) is 35.9 Å². The van der Waals surface area contributed by atoms with Crippen LogP contribution in [0.1, 0.15) is 56.6 Å². The Balaban J connectivity index is 0.000000470. The van der Waals surface area contributed by atoms with E-state index in [2.05, 4.69) is 5.32 Å². The minimum Gasteiger partial charge on any atom is -0.444 e. The van der Waals surface area contributed by atoms with E-state index < -0.39 is 68.5 Å². The summed E-state index contributed by atoms with van der Waals surface area (Å²) in [5.74, 6) is -3.79. The van der Waals surface area contributed by atoms with Gasteiger partial charge >= 0.3 is 6.09 Å². The van der Waals surface area contributed by atoms with Crippen molar-refractivity contribution in [1.29, 1.82) is 0 Å². The summed E-state index contributed by atoms with van der Waals surface area (Å²) in [7, 11) is -2.51. The molecule has 47 heavy (non-hydrogen) atoms. The summed E-state index contributed by atoms with van der Waals surface area (Å²) in [4.78, 5) is 38.0. The molecule has 1 N–H and O–H groups in total. The molecule has 0 bridgehead atoms. The third-order valence-corrected chi connectivity index (χ3v) is 8.61. The minimum atomic E-state index is -1.35. The maximum Gasteiger partial charge on any atom is 0.410 e. The molecule has 8 nitrogen and oxygen atoms in total. The number of Topliss-reactive ketones (excluding diaryl/α,β-unsaturated/α-hetero) is 2. The second-order valence-corrected chi connectivity index (χ2v) is 15.1. The molecule has 0 aliphatic carbocycles. The molecule has 0 spiro atoms. The highest BCUT2D eigenvalue weighted by atomic mass is 35.5. The summed E-state index contributed by atoms with van der Waals surface area (Å²) in [6.07, 6.45) is 2.91. The van der Waals surface area contributed by atoms with Gasteiger partial charge in [-0.15, -0.1) is 24.8 Å². The predicted octanol–water partition coefficient (Wildman–Crippen LogP) is 5.21. The van der Waals surface area contributed by atoms with Crippen molar-refractivity contribution in [3.8, 4) is 0 Å². The van der Waals surface area contributed by atoms with Gasteiger partial charge in [0.2, 0.25) is 0 Å². The molecule has 2 saturated heterocycles. The zero-order valence-corrected chi connectivity index (χ0v) is 29.8. The van der Waals surface area contributed by atoms with Gasteiger partial charge in [-0.3, -0.25) is 22.9 Å². The SMILES string of the molecule is CS(=O)CC(=O)C1C[C@@H](c2cc(F)cc(F)c2)CN1.CS(=O)CC(=O)C1C[C@@H](c2cc(F)cc(F)c2)CN1C(=O)OC(C)(C)C.Cl.Cl. The number of rotatable bonds is 8. The van der Waals surface area contributed by atoms with Crippen LogP contribution in [0.2, 0.25) is 0 Å². The first kappa shape index (κ1) is 42.6. The lowest BCUT2D eigenvalue weighted by atomic mass is 9.95. The summed E-state index contributed by atoms with van der Waals surface area (Å²) in [6, 6.07) is 5.38. The highest BCUT2D eigenvalue weighted by molar-refractivity contribution is 7.85. The number of carbonyl (C=O) groups is 3. The van der Waals surface area contributed by atoms with Crippen molar-refractivity contribution >= 4 is 64.1 Å². The molecular weight excluding hydrogens is 707 g/mol. The van der Waals surface area contributed by atoms with Gasteiger partial charge < -0.3 is 10.1 Å². The van der Waals surface area contributed by atoms with Crippen LogP contribution in [0.3, 0.4) is 0 Å². The van der Waals surface area contributed by atoms with Crippen molar-refractivity contribution in [3.05, 3.63) is 70.8 Å². The average Bonchev–Trinajstić information content (AvgIpc) is 3.55. The molecule has 2 fully saturated rings. The van der Waals surface area contributed by atoms with E-state index in [0.717, 1.165) is 12.1 Å². The van der Waals surface area contributed by atoms with Gasteiger partial charge in [0.15, 0.2) is 11.6 Å². The maximum atomic E-state index is 13.5. The smallest absolute Gasteiger partial charge is 0.410 e. The van der Waals surface area contributed by atoms with Crippen LogP contribution in [0.25, 0.3) is 0 Å². The first-order valence-electron chi connectivity index (χ1n) is 14.2. The van der Waals surface area contributed by atoms with Gasteiger partial charge in [0.1, 0.15) is 28.9 Å². The quantitative estimate of drug-likeness (QED) is 0.370. The summed E-state index contributed by atoms with van der Waals surface area (Å²) in [6.45, 7) is 5.72. The Hall–Kier alpha value is -2.39. The molecule has 1 amide bonds. The standard InChI is InChI=1S/C18H23F2NO4S.C13H15F2NO2S.2ClH/c1-18(2,3)25-17(23)21-9-12(7-15(21)16(22)10-26(4)24)11-5-13(19)8-14(20)6-11;1-19(18)7-13(17)12-4-9(6-16-12)8-2-10(14)5-11(15)3-8;;/h5-6,8,12,15H,7,9-10H2,1-4H3;2-3,5,9,12,16H,4,6-7H2,1H3;2*1H/t12-,15?,26?;9-,12?,19?;;/m11../s1. The number of likely N-dealkylation sites (tertiary alicyclic amines) is 1. The first-order chi connectivity index (χ1) is 20.9. The zero-order chi connectivity index (χ0) is 33.6. The fourth-order valence-electron chi connectivity index (χ4n) is 5.36. The number of hydrogen-bond acceptors (Lipinski definition) is 7. The highest BCUT2D eigenvalue weighted by Gasteiger charge is 2.42. The van der Waals surface area contributed by atoms with Crippen molar-refractivity contribution in [3.63, 3.8) is 0 Å². The summed E-state index contributed by atoms with van der Waals surface area (Å²) in [5.41, 5.74) is 0.184. The molecule has 0 radical (unpaired) electrons. The molecule has 264 valence electrons. The fourth-order valence-corrected chi connectivity index (χ4v) is 6.55. The summed E-state index contributed by atoms with van der Waals surface area (Å²) < 4.78 is 81.1. The third-order valence-electron chi connectivity index (χ3n) is 7.22. The Morgan fingerprint density at radius 2 is 1.23 bits per heavy atom. The summed E-state index contributed by atoms with van der Waals surface area (Å²) in [5, 5.41) is 3.02. The van der Waals surface area contributed by atoms with E-state index in [0.29, 0.717) is 24.1 Å². The van der Waals surface area contributed by atoms with E-state index in [1.165, 1.54) is 41.7 Å². The normalized spacial score (nSPS) is 21.8. The predicted molar refractivity (Wildman–Crippen MR) is 178 cm³/mol. The van der Waals surface area contributed by atoms with E-state index in [9.17, 15) is 40.4 Å². The number of nitrogens with zero attached hydrogens (tertiary/aromatic N) is 1. The van der Waals surface area contributed by atoms with Gasteiger partial charge in [0.05, 0.1) is 23.6 Å². The number of hydrogen-bond donors (Lipinski definition) is 1. The molecule has 4 unspecified atom stereocenters. The molecule has 6 atom stereocenters. The number of benzene rings is 2. The number of ketones is 2. The molecule has 2 aliphatic heterocycles. The lowest BCUT2D eigenvalue weighted by Crippen LogP contribution is -2.44. The topological polar surface area (TPSA) is 110 Å². The Labute approximate surface area is 289 Å². The molecule has 2 aliphatic rings. The van der Waals surface area contributed by atoms with Gasteiger partial charge in [0, 0.05) is 65.3 Å². The Morgan fingerprint density at radius 1 is 0.787 bits per heavy atom. The van der Waals surface area contributed by atoms with Crippen LogP contribution in [0, 0.1) is 23.3 Å². The second kappa shape index (κ2) is 18.4. The number of carbonyl (C=O) groups excluding carboxylic acids is 3. The maximum absolute atomic E-state index is 13.5. The number of amides is 1. The number of ether oxygens (including phenoxy) is 1. The highest BCUT2D eigenvalue weighted by Crippen LogP contribution is 2.34. The Morgan fingerprint density at radius 3 is 1.68 bits per heavy atom. The number of halogens is 6. The number of nitrogens with one attached hydrogen (secondary N) is 1. The van der Waals surface area contributed by atoms with Crippen molar-refractivity contribution in [2.45, 2.75) is 63.1 Å². The third kappa shape index (κ3) is 13.2. The van der Waals surface area contributed by atoms with E-state index >= 15 is 0 Å². The molecule has 0 aromatic heterocycles. The van der Waals surface area contributed by atoms with Gasteiger partial charge in [0.25, 0.3) is 0 Å². The Kier molecular flexibility index (Phi) is 16.7. The van der Waals surface area contributed by atoms with Crippen LogP contribution >= 0.6 is 24.8 Å². The molecule has 16 heteroatoms. The van der Waals surface area contributed by atoms with E-state index in [1.54, 1.807) is 20.8 Å². The lowest BCUT2D eigenvalue weighted by Gasteiger charge is -2.27. The van der Waals surface area contributed by atoms with Crippen molar-refractivity contribution in [2.24, 2.45) is 0 Å². The average molecular weight is 748 g/mol. The van der Waals surface area contributed by atoms with Gasteiger partial charge in [-0.25, -0.2) is 22.4 Å². The van der Waals surface area contributed by atoms with Crippen LogP contribution in [0.5, 0.6) is 0 Å². The van der Waals surface area contributed by atoms with Crippen LogP contribution < -0.4 is 5.32 Å². The first-order valence-corrected chi connectivity index (χ1v) is 17.7. The summed E-state index contributed by atoms with van der Waals surface area (Å²) >= 11 is 0. The van der Waals surface area contributed by atoms with Crippen LogP contribution in [-0.4, -0.2) is 85.8 Å². The van der Waals surface area contributed by atoms with Gasteiger partial charge in [-0.2, -0.15) is 0 Å². The van der Waals surface area contributed by atoms with Crippen molar-refractivity contribution in [2.75, 3.05) is 37.1 Å². The second-order valence-electron chi connectivity index (χ2n) is 12.2. The van der Waals surface area contributed by atoms with Crippen LogP contribution in [0.4, 0.5) is 22.4 Å². The molecule has 2 aromatic carbocycles. The monoisotopic (exact) mass is 746 g/mol. The molecule has 4 rings (SSSR count). The lowest BCUT2D eigenvalue weighted by molar-refractivity contribution is -0.121. The van der Waals surface area contributed by atoms with Gasteiger partial charge in [-0.05, 0) is 74.9 Å².